The van der Waals surface area contributed by atoms with Crippen molar-refractivity contribution in [2.24, 2.45) is 0 Å². The zero-order valence-corrected chi connectivity index (χ0v) is 10.9. The lowest BCUT2D eigenvalue weighted by atomic mass is 10.1. The van der Waals surface area contributed by atoms with Gasteiger partial charge in [-0.25, -0.2) is 4.79 Å². The van der Waals surface area contributed by atoms with Gasteiger partial charge in [-0.3, -0.25) is 9.55 Å². The van der Waals surface area contributed by atoms with Crippen LogP contribution in [0.2, 0.25) is 0 Å². The lowest BCUT2D eigenvalue weighted by Gasteiger charge is -2.24. The quantitative estimate of drug-likeness (QED) is 0.536. The molecular formula is C11H16N2O5S. The predicted molar refractivity (Wildman–Crippen MR) is 68.1 cm³/mol. The monoisotopic (exact) mass is 288 g/mol. The summed E-state index contributed by atoms with van der Waals surface area (Å²) < 4.78 is 7.11. The number of aromatic amines is 1. The van der Waals surface area contributed by atoms with Gasteiger partial charge in [-0.2, -0.15) is 0 Å². The Labute approximate surface area is 114 Å². The van der Waals surface area contributed by atoms with E-state index >= 15 is 0 Å². The van der Waals surface area contributed by atoms with Crippen molar-refractivity contribution in [3.63, 3.8) is 0 Å². The predicted octanol–water partition coefficient (Wildman–Crippen LogP) is -0.702. The van der Waals surface area contributed by atoms with Crippen LogP contribution in [-0.2, 0) is 4.74 Å². The van der Waals surface area contributed by atoms with Crippen molar-refractivity contribution in [2.75, 3.05) is 6.61 Å². The van der Waals surface area contributed by atoms with Gasteiger partial charge in [-0.05, 0) is 18.9 Å². The van der Waals surface area contributed by atoms with Gasteiger partial charge in [0, 0.05) is 6.20 Å². The summed E-state index contributed by atoms with van der Waals surface area (Å²) in [6.45, 7) is -0.438. The van der Waals surface area contributed by atoms with E-state index in [1.807, 2.05) is 0 Å². The van der Waals surface area contributed by atoms with Crippen LogP contribution in [0.3, 0.4) is 0 Å². The normalized spacial score (nSPS) is 31.9. The Morgan fingerprint density at radius 3 is 2.84 bits per heavy atom. The Kier molecular flexibility index (Phi) is 4.48. The van der Waals surface area contributed by atoms with E-state index in [2.05, 4.69) is 4.98 Å². The highest BCUT2D eigenvalue weighted by Crippen LogP contribution is 2.25. The van der Waals surface area contributed by atoms with Gasteiger partial charge in [0.05, 0.1) is 12.7 Å². The van der Waals surface area contributed by atoms with Crippen LogP contribution in [0.15, 0.2) is 17.1 Å². The summed E-state index contributed by atoms with van der Waals surface area (Å²) in [6.07, 6.45) is -1.65. The molecule has 1 aliphatic rings. The molecule has 2 heterocycles. The molecule has 106 valence electrons. The Morgan fingerprint density at radius 2 is 2.21 bits per heavy atom. The lowest BCUT2D eigenvalue weighted by molar-refractivity contribution is -0.129. The summed E-state index contributed by atoms with van der Waals surface area (Å²) in [5.41, 5.74) is -0.430. The maximum absolute atomic E-state index is 11.8. The number of rotatable bonds is 2. The Morgan fingerprint density at radius 1 is 1.47 bits per heavy atom. The van der Waals surface area contributed by atoms with E-state index in [1.54, 1.807) is 6.07 Å². The molecule has 1 unspecified atom stereocenters. The Balaban J connectivity index is 2.29. The molecule has 2 rings (SSSR count). The van der Waals surface area contributed by atoms with Crippen LogP contribution < -0.4 is 5.69 Å². The molecule has 1 aromatic heterocycles. The fourth-order valence-corrected chi connectivity index (χ4v) is 2.24. The van der Waals surface area contributed by atoms with Gasteiger partial charge in [0.2, 0.25) is 0 Å². The first-order chi connectivity index (χ1) is 9.02. The number of ether oxygens (including phenoxy) is 1. The molecule has 8 heteroatoms. The fraction of sp³-hybridized carbons (Fsp3) is 0.636. The van der Waals surface area contributed by atoms with Crippen LogP contribution in [0.1, 0.15) is 19.1 Å². The van der Waals surface area contributed by atoms with Gasteiger partial charge >= 0.3 is 5.69 Å². The van der Waals surface area contributed by atoms with E-state index in [0.717, 1.165) is 0 Å². The van der Waals surface area contributed by atoms with Crippen LogP contribution in [0.4, 0.5) is 0 Å². The van der Waals surface area contributed by atoms with Crippen molar-refractivity contribution in [1.82, 2.24) is 9.55 Å². The van der Waals surface area contributed by atoms with Crippen molar-refractivity contribution in [3.05, 3.63) is 27.4 Å². The fourth-order valence-electron chi connectivity index (χ4n) is 2.09. The van der Waals surface area contributed by atoms with Gasteiger partial charge in [-0.15, -0.1) is 0 Å². The largest absolute Gasteiger partial charge is 0.394 e. The summed E-state index contributed by atoms with van der Waals surface area (Å²) in [5, 5.41) is 28.6. The van der Waals surface area contributed by atoms with Crippen molar-refractivity contribution in [3.8, 4) is 0 Å². The average molecular weight is 288 g/mol. The zero-order chi connectivity index (χ0) is 14.0. The summed E-state index contributed by atoms with van der Waals surface area (Å²) in [4.78, 5) is 14.2. The molecule has 0 aromatic carbocycles. The highest BCUT2D eigenvalue weighted by atomic mass is 32.1. The smallest absolute Gasteiger partial charge is 0.328 e. The number of hydrogen-bond donors (Lipinski definition) is 4. The van der Waals surface area contributed by atoms with Crippen molar-refractivity contribution >= 4 is 12.2 Å². The molecule has 0 saturated carbocycles. The van der Waals surface area contributed by atoms with E-state index in [0.29, 0.717) is 11.1 Å². The summed E-state index contributed by atoms with van der Waals surface area (Å²) in [5.74, 6) is 0. The van der Waals surface area contributed by atoms with Crippen LogP contribution in [0.5, 0.6) is 0 Å². The number of aliphatic hydroxyl groups excluding tert-OH is 3. The maximum atomic E-state index is 11.8. The summed E-state index contributed by atoms with van der Waals surface area (Å²) >= 11 is 4.84. The molecule has 0 radical (unpaired) electrons. The van der Waals surface area contributed by atoms with Crippen molar-refractivity contribution in [2.45, 2.75) is 37.4 Å². The number of nitrogens with zero attached hydrogens (tertiary/aromatic N) is 1. The first-order valence-corrected chi connectivity index (χ1v) is 6.37. The van der Waals surface area contributed by atoms with E-state index in [4.69, 9.17) is 17.0 Å². The topological polar surface area (TPSA) is 108 Å². The van der Waals surface area contributed by atoms with Gasteiger partial charge in [0.25, 0.3) is 0 Å². The minimum Gasteiger partial charge on any atom is -0.394 e. The standard InChI is InChI=1S/C11H16N2O5S/c14-5-7-10(16)6(15)1-2-9(18-7)13-4-3-8(19)12-11(13)17/h3-4,6-7,9-10,14-16H,1-2,5H2,(H,12,17,19)/t6-,7+,9?,10-/m0/s1. The molecular weight excluding hydrogens is 272 g/mol. The van der Waals surface area contributed by atoms with Crippen LogP contribution in [-0.4, -0.2) is 49.8 Å². The number of hydrogen-bond acceptors (Lipinski definition) is 6. The molecule has 0 amide bonds. The number of aromatic nitrogens is 2. The van der Waals surface area contributed by atoms with E-state index in [9.17, 15) is 20.1 Å². The summed E-state index contributed by atoms with van der Waals surface area (Å²) in [6, 6.07) is 1.55. The highest BCUT2D eigenvalue weighted by molar-refractivity contribution is 7.71. The van der Waals surface area contributed by atoms with E-state index in [-0.39, 0.29) is 6.42 Å². The third-order valence-corrected chi connectivity index (χ3v) is 3.40. The minimum absolute atomic E-state index is 0.268. The molecule has 19 heavy (non-hydrogen) atoms. The molecule has 1 aromatic rings. The molecule has 0 bridgehead atoms. The maximum Gasteiger partial charge on any atom is 0.328 e. The minimum atomic E-state index is -1.17. The molecule has 1 fully saturated rings. The zero-order valence-electron chi connectivity index (χ0n) is 10.1. The molecule has 1 aliphatic heterocycles. The molecule has 4 atom stereocenters. The van der Waals surface area contributed by atoms with Gasteiger partial charge in [0.1, 0.15) is 23.1 Å². The number of H-pyrrole nitrogens is 1. The van der Waals surface area contributed by atoms with Crippen molar-refractivity contribution < 1.29 is 20.1 Å². The van der Waals surface area contributed by atoms with Gasteiger partial charge in [-0.1, -0.05) is 12.2 Å². The average Bonchev–Trinajstić information content (AvgIpc) is 2.51. The number of aliphatic hydroxyl groups is 3. The first kappa shape index (κ1) is 14.4. The molecule has 7 nitrogen and oxygen atoms in total. The van der Waals surface area contributed by atoms with Crippen LogP contribution in [0, 0.1) is 4.64 Å². The Bertz CT molecular complexity index is 542. The van der Waals surface area contributed by atoms with Gasteiger partial charge in [0.15, 0.2) is 0 Å². The van der Waals surface area contributed by atoms with Crippen molar-refractivity contribution in [1.29, 1.82) is 0 Å². The lowest BCUT2D eigenvalue weighted by Crippen LogP contribution is -2.40. The van der Waals surface area contributed by atoms with E-state index in [1.165, 1.54) is 10.8 Å². The third kappa shape index (κ3) is 3.10. The second kappa shape index (κ2) is 5.93. The Hall–Kier alpha value is -1.06. The molecule has 0 spiro atoms. The first-order valence-electron chi connectivity index (χ1n) is 5.97. The molecule has 1 saturated heterocycles. The van der Waals surface area contributed by atoms with E-state index < -0.39 is 36.8 Å². The SMILES string of the molecule is O=c1[nH]c(=S)ccn1C1CC[C@H](O)[C@H](O)[C@@H](CO)O1. The molecule has 4 N–H and O–H groups in total. The second-order valence-corrected chi connectivity index (χ2v) is 4.90. The molecule has 0 aliphatic carbocycles. The third-order valence-electron chi connectivity index (χ3n) is 3.16. The number of nitrogens with one attached hydrogen (secondary N) is 1. The van der Waals surface area contributed by atoms with Crippen LogP contribution >= 0.6 is 12.2 Å². The summed E-state index contributed by atoms with van der Waals surface area (Å²) in [7, 11) is 0. The van der Waals surface area contributed by atoms with Gasteiger partial charge < -0.3 is 20.1 Å². The second-order valence-electron chi connectivity index (χ2n) is 4.46. The van der Waals surface area contributed by atoms with Crippen LogP contribution in [0.25, 0.3) is 0 Å². The highest BCUT2D eigenvalue weighted by Gasteiger charge is 2.33.